The minimum absolute atomic E-state index is 0.0299. The zero-order valence-corrected chi connectivity index (χ0v) is 7.21. The molecule has 1 amide bonds. The molecule has 0 aromatic rings. The highest BCUT2D eigenvalue weighted by molar-refractivity contribution is 5.71. The Morgan fingerprint density at radius 3 is 3.08 bits per heavy atom. The number of rotatable bonds is 0. The highest BCUT2D eigenvalue weighted by Crippen LogP contribution is 2.42. The first-order valence-electron chi connectivity index (χ1n) is 4.45. The monoisotopic (exact) mass is 185 g/mol. The molecule has 0 bridgehead atoms. The molecule has 5 atom stereocenters. The molecule has 1 N–H and O–H groups in total. The number of aliphatic hydroxyl groups excluding tert-OH is 1. The molecule has 0 aromatic heterocycles. The number of hydrogen-bond donors (Lipinski definition) is 1. The number of aliphatic hydroxyl groups is 1. The largest absolute Gasteiger partial charge is 0.441 e. The third-order valence-corrected chi connectivity index (χ3v) is 3.12. The van der Waals surface area contributed by atoms with Crippen LogP contribution in [0.4, 0.5) is 4.79 Å². The van der Waals surface area contributed by atoms with Crippen LogP contribution in [0.3, 0.4) is 0 Å². The van der Waals surface area contributed by atoms with Crippen molar-refractivity contribution in [2.75, 3.05) is 7.05 Å². The highest BCUT2D eigenvalue weighted by Gasteiger charge is 2.61. The lowest BCUT2D eigenvalue weighted by atomic mass is 9.90. The van der Waals surface area contributed by atoms with E-state index < -0.39 is 6.10 Å². The van der Waals surface area contributed by atoms with Gasteiger partial charge in [-0.3, -0.25) is 0 Å². The number of carbonyl (C=O) groups is 1. The standard InChI is InChI=1S/C8H11NO4/c1-9-5-3(10)2-4-6(12-4)7(5)13-8(9)11/h3-7,10H,2H2,1H3/t3-,4+,5+,6+,7+/m1/s1. The zero-order valence-electron chi connectivity index (χ0n) is 7.21. The summed E-state index contributed by atoms with van der Waals surface area (Å²) in [5.74, 6) is 0. The summed E-state index contributed by atoms with van der Waals surface area (Å²) < 4.78 is 10.4. The van der Waals surface area contributed by atoms with Crippen molar-refractivity contribution < 1.29 is 19.4 Å². The Bertz CT molecular complexity index is 269. The van der Waals surface area contributed by atoms with E-state index in [2.05, 4.69) is 0 Å². The maximum atomic E-state index is 11.2. The zero-order chi connectivity index (χ0) is 9.16. The molecule has 13 heavy (non-hydrogen) atoms. The third-order valence-electron chi connectivity index (χ3n) is 3.12. The average molecular weight is 185 g/mol. The van der Waals surface area contributed by atoms with Crippen LogP contribution >= 0.6 is 0 Å². The molecule has 1 aliphatic carbocycles. The lowest BCUT2D eigenvalue weighted by Gasteiger charge is -2.28. The van der Waals surface area contributed by atoms with Gasteiger partial charge in [0, 0.05) is 13.5 Å². The minimum Gasteiger partial charge on any atom is -0.441 e. The van der Waals surface area contributed by atoms with E-state index in [0.717, 1.165) is 0 Å². The Labute approximate surface area is 75.2 Å². The molecule has 1 saturated carbocycles. The van der Waals surface area contributed by atoms with E-state index in [9.17, 15) is 9.90 Å². The molecule has 3 rings (SSSR count). The van der Waals surface area contributed by atoms with E-state index >= 15 is 0 Å². The normalized spacial score (nSPS) is 52.6. The van der Waals surface area contributed by atoms with Crippen molar-refractivity contribution in [2.24, 2.45) is 0 Å². The molecule has 0 spiro atoms. The number of likely N-dealkylation sites (N-methyl/N-ethyl adjacent to an activating group) is 1. The van der Waals surface area contributed by atoms with Gasteiger partial charge in [0.05, 0.1) is 12.2 Å². The number of nitrogens with zero attached hydrogens (tertiary/aromatic N) is 1. The van der Waals surface area contributed by atoms with Crippen LogP contribution in [-0.4, -0.2) is 53.6 Å². The van der Waals surface area contributed by atoms with Crippen molar-refractivity contribution in [1.29, 1.82) is 0 Å². The van der Waals surface area contributed by atoms with Crippen LogP contribution < -0.4 is 0 Å². The fourth-order valence-electron chi connectivity index (χ4n) is 2.36. The van der Waals surface area contributed by atoms with Crippen LogP contribution in [0, 0.1) is 0 Å². The Morgan fingerprint density at radius 2 is 2.31 bits per heavy atom. The van der Waals surface area contributed by atoms with E-state index in [-0.39, 0.29) is 30.4 Å². The predicted molar refractivity (Wildman–Crippen MR) is 41.1 cm³/mol. The molecule has 3 aliphatic rings. The van der Waals surface area contributed by atoms with E-state index in [1.54, 1.807) is 7.05 Å². The summed E-state index contributed by atoms with van der Waals surface area (Å²) in [6, 6.07) is -0.212. The first kappa shape index (κ1) is 7.58. The van der Waals surface area contributed by atoms with E-state index in [4.69, 9.17) is 9.47 Å². The molecule has 0 radical (unpaired) electrons. The van der Waals surface area contributed by atoms with Crippen molar-refractivity contribution in [3.63, 3.8) is 0 Å². The number of carbonyl (C=O) groups excluding carboxylic acids is 1. The molecule has 72 valence electrons. The molecular weight excluding hydrogens is 174 g/mol. The molecular formula is C8H11NO4. The molecule has 2 saturated heterocycles. The first-order valence-corrected chi connectivity index (χ1v) is 4.45. The van der Waals surface area contributed by atoms with Gasteiger partial charge in [-0.15, -0.1) is 0 Å². The molecule has 3 fully saturated rings. The quantitative estimate of drug-likeness (QED) is 0.509. The molecule has 5 nitrogen and oxygen atoms in total. The fourth-order valence-corrected chi connectivity index (χ4v) is 2.36. The maximum absolute atomic E-state index is 11.2. The highest BCUT2D eigenvalue weighted by atomic mass is 16.6. The van der Waals surface area contributed by atoms with Crippen LogP contribution in [0.15, 0.2) is 0 Å². The van der Waals surface area contributed by atoms with Crippen molar-refractivity contribution in [3.05, 3.63) is 0 Å². The number of ether oxygens (including phenoxy) is 2. The van der Waals surface area contributed by atoms with E-state index in [0.29, 0.717) is 6.42 Å². The molecule has 5 heteroatoms. The molecule has 2 aliphatic heterocycles. The van der Waals surface area contributed by atoms with Gasteiger partial charge < -0.3 is 19.5 Å². The number of hydrogen-bond acceptors (Lipinski definition) is 4. The molecule has 0 aromatic carbocycles. The van der Waals surface area contributed by atoms with Gasteiger partial charge in [0.25, 0.3) is 0 Å². The summed E-state index contributed by atoms with van der Waals surface area (Å²) in [4.78, 5) is 12.7. The summed E-state index contributed by atoms with van der Waals surface area (Å²) >= 11 is 0. The van der Waals surface area contributed by atoms with Crippen molar-refractivity contribution in [2.45, 2.75) is 36.9 Å². The second-order valence-electron chi connectivity index (χ2n) is 3.89. The lowest BCUT2D eigenvalue weighted by molar-refractivity contribution is 0.0368. The summed E-state index contributed by atoms with van der Waals surface area (Å²) in [5.41, 5.74) is 0. The van der Waals surface area contributed by atoms with E-state index in [1.807, 2.05) is 0 Å². The van der Waals surface area contributed by atoms with Crippen LogP contribution in [0.5, 0.6) is 0 Å². The summed E-state index contributed by atoms with van der Waals surface area (Å²) in [5, 5.41) is 9.71. The number of amides is 1. The Balaban J connectivity index is 1.91. The van der Waals surface area contributed by atoms with Crippen molar-refractivity contribution in [1.82, 2.24) is 4.90 Å². The smallest absolute Gasteiger partial charge is 0.410 e. The van der Waals surface area contributed by atoms with Crippen LogP contribution in [0.1, 0.15) is 6.42 Å². The average Bonchev–Trinajstić information content (AvgIpc) is 2.76. The van der Waals surface area contributed by atoms with Crippen LogP contribution in [0.2, 0.25) is 0 Å². The van der Waals surface area contributed by atoms with Gasteiger partial charge in [0.1, 0.15) is 12.1 Å². The van der Waals surface area contributed by atoms with Gasteiger partial charge >= 0.3 is 6.09 Å². The molecule has 2 heterocycles. The minimum atomic E-state index is -0.509. The van der Waals surface area contributed by atoms with Crippen LogP contribution in [0.25, 0.3) is 0 Å². The first-order chi connectivity index (χ1) is 6.18. The molecule has 0 unspecified atom stereocenters. The van der Waals surface area contributed by atoms with Gasteiger partial charge in [-0.25, -0.2) is 4.79 Å². The second-order valence-corrected chi connectivity index (χ2v) is 3.89. The van der Waals surface area contributed by atoms with Gasteiger partial charge in [-0.1, -0.05) is 0 Å². The lowest BCUT2D eigenvalue weighted by Crippen LogP contribution is -2.49. The van der Waals surface area contributed by atoms with Gasteiger partial charge in [0.15, 0.2) is 6.10 Å². The van der Waals surface area contributed by atoms with E-state index in [1.165, 1.54) is 4.90 Å². The fraction of sp³-hybridized carbons (Fsp3) is 0.875. The van der Waals surface area contributed by atoms with Gasteiger partial charge in [0.2, 0.25) is 0 Å². The SMILES string of the molecule is CN1C(=O)O[C@@H]2[C@H]3O[C@H]3C[C@@H](O)[C@@H]21. The second kappa shape index (κ2) is 2.16. The van der Waals surface area contributed by atoms with Crippen LogP contribution in [-0.2, 0) is 9.47 Å². The Kier molecular flexibility index (Phi) is 1.26. The summed E-state index contributed by atoms with van der Waals surface area (Å²) in [6.07, 6.45) is -0.369. The summed E-state index contributed by atoms with van der Waals surface area (Å²) in [7, 11) is 1.65. The van der Waals surface area contributed by atoms with Gasteiger partial charge in [-0.2, -0.15) is 0 Å². The topological polar surface area (TPSA) is 62.3 Å². The van der Waals surface area contributed by atoms with Gasteiger partial charge in [-0.05, 0) is 0 Å². The van der Waals surface area contributed by atoms with Crippen molar-refractivity contribution in [3.8, 4) is 0 Å². The number of epoxide rings is 1. The summed E-state index contributed by atoms with van der Waals surface area (Å²) in [6.45, 7) is 0. The maximum Gasteiger partial charge on any atom is 0.410 e. The predicted octanol–water partition coefficient (Wildman–Crippen LogP) is -0.662. The van der Waals surface area contributed by atoms with Crippen molar-refractivity contribution >= 4 is 6.09 Å². The Morgan fingerprint density at radius 1 is 1.54 bits per heavy atom. The third kappa shape index (κ3) is 0.858. The number of fused-ring (bicyclic) bond motifs is 3. The Hall–Kier alpha value is -0.810.